The van der Waals surface area contributed by atoms with Crippen molar-refractivity contribution >= 4 is 5.69 Å². The SMILES string of the molecule is N#Cc1ccc(NC2CCCC2C2CCCCN2)cc1. The van der Waals surface area contributed by atoms with E-state index in [0.717, 1.165) is 17.2 Å². The second-order valence-corrected chi connectivity index (χ2v) is 6.09. The average molecular weight is 269 g/mol. The Kier molecular flexibility index (Phi) is 4.22. The van der Waals surface area contributed by atoms with Gasteiger partial charge in [0.1, 0.15) is 0 Å². The molecule has 1 saturated carbocycles. The van der Waals surface area contributed by atoms with Crippen LogP contribution >= 0.6 is 0 Å². The van der Waals surface area contributed by atoms with Crippen molar-refractivity contribution in [2.45, 2.75) is 50.6 Å². The molecular formula is C17H23N3. The third-order valence-corrected chi connectivity index (χ3v) is 4.80. The van der Waals surface area contributed by atoms with Gasteiger partial charge < -0.3 is 10.6 Å². The highest BCUT2D eigenvalue weighted by Crippen LogP contribution is 2.33. The number of benzene rings is 1. The number of nitriles is 1. The lowest BCUT2D eigenvalue weighted by atomic mass is 9.88. The molecule has 3 atom stereocenters. The normalized spacial score (nSPS) is 29.9. The van der Waals surface area contributed by atoms with Gasteiger partial charge in [0.05, 0.1) is 11.6 Å². The fraction of sp³-hybridized carbons (Fsp3) is 0.588. The van der Waals surface area contributed by atoms with Gasteiger partial charge in [-0.15, -0.1) is 0 Å². The molecule has 0 radical (unpaired) electrons. The van der Waals surface area contributed by atoms with E-state index >= 15 is 0 Å². The van der Waals surface area contributed by atoms with Gasteiger partial charge in [-0.3, -0.25) is 0 Å². The highest BCUT2D eigenvalue weighted by Gasteiger charge is 2.34. The van der Waals surface area contributed by atoms with Gasteiger partial charge in [0, 0.05) is 17.8 Å². The Morgan fingerprint density at radius 2 is 1.90 bits per heavy atom. The van der Waals surface area contributed by atoms with Gasteiger partial charge in [0.25, 0.3) is 0 Å². The van der Waals surface area contributed by atoms with Gasteiger partial charge in [0.2, 0.25) is 0 Å². The van der Waals surface area contributed by atoms with Crippen LogP contribution in [0.3, 0.4) is 0 Å². The third-order valence-electron chi connectivity index (χ3n) is 4.80. The van der Waals surface area contributed by atoms with Crippen LogP contribution in [-0.4, -0.2) is 18.6 Å². The highest BCUT2D eigenvalue weighted by molar-refractivity contribution is 5.48. The molecule has 3 rings (SSSR count). The summed E-state index contributed by atoms with van der Waals surface area (Å²) in [6.45, 7) is 1.19. The number of hydrogen-bond donors (Lipinski definition) is 2. The number of hydrogen-bond acceptors (Lipinski definition) is 3. The van der Waals surface area contributed by atoms with Gasteiger partial charge in [-0.2, -0.15) is 5.26 Å². The molecule has 3 unspecified atom stereocenters. The maximum atomic E-state index is 8.85. The summed E-state index contributed by atoms with van der Waals surface area (Å²) in [6.07, 6.45) is 7.97. The molecule has 2 N–H and O–H groups in total. The molecule has 0 spiro atoms. The van der Waals surface area contributed by atoms with Crippen molar-refractivity contribution in [2.24, 2.45) is 5.92 Å². The first-order chi connectivity index (χ1) is 9.86. The number of nitrogens with one attached hydrogen (secondary N) is 2. The lowest BCUT2D eigenvalue weighted by molar-refractivity contribution is 0.286. The molecule has 1 heterocycles. The minimum atomic E-state index is 0.582. The van der Waals surface area contributed by atoms with Crippen molar-refractivity contribution in [1.82, 2.24) is 5.32 Å². The fourth-order valence-electron chi connectivity index (χ4n) is 3.75. The van der Waals surface area contributed by atoms with E-state index in [-0.39, 0.29) is 0 Å². The summed E-state index contributed by atoms with van der Waals surface area (Å²) in [6, 6.07) is 11.3. The summed E-state index contributed by atoms with van der Waals surface area (Å²) in [7, 11) is 0. The topological polar surface area (TPSA) is 47.9 Å². The zero-order valence-electron chi connectivity index (χ0n) is 11.9. The summed E-state index contributed by atoms with van der Waals surface area (Å²) in [5, 5.41) is 16.2. The van der Waals surface area contributed by atoms with E-state index in [2.05, 4.69) is 16.7 Å². The van der Waals surface area contributed by atoms with E-state index in [1.54, 1.807) is 0 Å². The lowest BCUT2D eigenvalue weighted by Gasteiger charge is -2.33. The Morgan fingerprint density at radius 1 is 1.05 bits per heavy atom. The van der Waals surface area contributed by atoms with E-state index < -0.39 is 0 Å². The number of piperidine rings is 1. The molecule has 1 aliphatic heterocycles. The second kappa shape index (κ2) is 6.28. The maximum absolute atomic E-state index is 8.85. The van der Waals surface area contributed by atoms with Crippen LogP contribution in [0.4, 0.5) is 5.69 Å². The molecule has 20 heavy (non-hydrogen) atoms. The van der Waals surface area contributed by atoms with Crippen molar-refractivity contribution in [3.8, 4) is 6.07 Å². The minimum Gasteiger partial charge on any atom is -0.382 e. The molecule has 0 aromatic heterocycles. The van der Waals surface area contributed by atoms with Gasteiger partial charge in [-0.05, 0) is 62.4 Å². The van der Waals surface area contributed by atoms with Gasteiger partial charge >= 0.3 is 0 Å². The average Bonchev–Trinajstić information content (AvgIpc) is 2.97. The van der Waals surface area contributed by atoms with Crippen LogP contribution in [0.25, 0.3) is 0 Å². The number of anilines is 1. The van der Waals surface area contributed by atoms with Crippen LogP contribution in [0.15, 0.2) is 24.3 Å². The smallest absolute Gasteiger partial charge is 0.0991 e. The molecule has 3 nitrogen and oxygen atoms in total. The minimum absolute atomic E-state index is 0.582. The quantitative estimate of drug-likeness (QED) is 0.885. The maximum Gasteiger partial charge on any atom is 0.0991 e. The highest BCUT2D eigenvalue weighted by atomic mass is 15.0. The predicted octanol–water partition coefficient (Wildman–Crippen LogP) is 3.28. The Labute approximate surface area is 121 Å². The van der Waals surface area contributed by atoms with Gasteiger partial charge in [-0.25, -0.2) is 0 Å². The monoisotopic (exact) mass is 269 g/mol. The number of nitrogens with zero attached hydrogens (tertiary/aromatic N) is 1. The molecule has 0 amide bonds. The molecule has 2 fully saturated rings. The number of rotatable bonds is 3. The van der Waals surface area contributed by atoms with E-state index in [4.69, 9.17) is 5.26 Å². The van der Waals surface area contributed by atoms with Crippen LogP contribution in [0, 0.1) is 17.2 Å². The van der Waals surface area contributed by atoms with E-state index in [1.807, 2.05) is 24.3 Å². The lowest BCUT2D eigenvalue weighted by Crippen LogP contribution is -2.44. The van der Waals surface area contributed by atoms with Crippen LogP contribution in [-0.2, 0) is 0 Å². The van der Waals surface area contributed by atoms with Crippen LogP contribution in [0.1, 0.15) is 44.1 Å². The molecule has 1 aliphatic carbocycles. The van der Waals surface area contributed by atoms with E-state index in [0.29, 0.717) is 12.1 Å². The van der Waals surface area contributed by atoms with Crippen LogP contribution < -0.4 is 10.6 Å². The molecule has 1 aromatic carbocycles. The summed E-state index contributed by atoms with van der Waals surface area (Å²) in [5.41, 5.74) is 1.88. The molecular weight excluding hydrogens is 246 g/mol. The molecule has 3 heteroatoms. The van der Waals surface area contributed by atoms with Crippen molar-refractivity contribution in [2.75, 3.05) is 11.9 Å². The van der Waals surface area contributed by atoms with E-state index in [9.17, 15) is 0 Å². The molecule has 1 aromatic rings. The second-order valence-electron chi connectivity index (χ2n) is 6.09. The van der Waals surface area contributed by atoms with Crippen molar-refractivity contribution in [3.63, 3.8) is 0 Å². The first-order valence-corrected chi connectivity index (χ1v) is 7.87. The molecule has 1 saturated heterocycles. The van der Waals surface area contributed by atoms with Crippen LogP contribution in [0.2, 0.25) is 0 Å². The van der Waals surface area contributed by atoms with E-state index in [1.165, 1.54) is 45.1 Å². The fourth-order valence-corrected chi connectivity index (χ4v) is 3.75. The molecule has 106 valence electrons. The Morgan fingerprint density at radius 3 is 2.60 bits per heavy atom. The first-order valence-electron chi connectivity index (χ1n) is 7.87. The molecule has 0 bridgehead atoms. The summed E-state index contributed by atoms with van der Waals surface area (Å²) in [5.74, 6) is 0.756. The van der Waals surface area contributed by atoms with Crippen molar-refractivity contribution < 1.29 is 0 Å². The summed E-state index contributed by atoms with van der Waals surface area (Å²) < 4.78 is 0. The Hall–Kier alpha value is -1.53. The van der Waals surface area contributed by atoms with Crippen molar-refractivity contribution in [3.05, 3.63) is 29.8 Å². The van der Waals surface area contributed by atoms with Crippen LogP contribution in [0.5, 0.6) is 0 Å². The first kappa shape index (κ1) is 13.5. The third kappa shape index (κ3) is 2.96. The Balaban J connectivity index is 1.64. The largest absolute Gasteiger partial charge is 0.382 e. The summed E-state index contributed by atoms with van der Waals surface area (Å²) in [4.78, 5) is 0. The molecule has 2 aliphatic rings. The van der Waals surface area contributed by atoms with Crippen molar-refractivity contribution in [1.29, 1.82) is 5.26 Å². The van der Waals surface area contributed by atoms with Gasteiger partial charge in [0.15, 0.2) is 0 Å². The summed E-state index contributed by atoms with van der Waals surface area (Å²) >= 11 is 0. The zero-order chi connectivity index (χ0) is 13.8. The predicted molar refractivity (Wildman–Crippen MR) is 81.6 cm³/mol. The Bertz CT molecular complexity index is 468. The standard InChI is InChI=1S/C17H23N3/c18-12-13-7-9-14(10-8-13)20-17-6-3-4-15(17)16-5-1-2-11-19-16/h7-10,15-17,19-20H,1-6,11H2. The zero-order valence-corrected chi connectivity index (χ0v) is 11.9. The van der Waals surface area contributed by atoms with Gasteiger partial charge in [-0.1, -0.05) is 12.8 Å².